The molecule has 144 valence electrons. The van der Waals surface area contributed by atoms with Crippen LogP contribution < -0.4 is 0 Å². The van der Waals surface area contributed by atoms with Gasteiger partial charge in [0.2, 0.25) is 0 Å². The number of unbranched alkanes of at least 4 members (excludes halogenated alkanes) is 4. The Bertz CT molecular complexity index is 471. The van der Waals surface area contributed by atoms with Gasteiger partial charge in [-0.05, 0) is 31.6 Å². The summed E-state index contributed by atoms with van der Waals surface area (Å²) in [6.07, 6.45) is 12.7. The lowest BCUT2D eigenvalue weighted by molar-refractivity contribution is -0.160. The highest BCUT2D eigenvalue weighted by molar-refractivity contribution is 5.82. The Morgan fingerprint density at radius 2 is 1.68 bits per heavy atom. The van der Waals surface area contributed by atoms with Crippen molar-refractivity contribution in [2.45, 2.75) is 91.4 Å². The fourth-order valence-electron chi connectivity index (χ4n) is 4.49. The van der Waals surface area contributed by atoms with Crippen LogP contribution in [0.1, 0.15) is 91.4 Å². The van der Waals surface area contributed by atoms with Crippen LogP contribution in [0.5, 0.6) is 0 Å². The fourth-order valence-corrected chi connectivity index (χ4v) is 4.49. The molecule has 3 unspecified atom stereocenters. The SMILES string of the molecule is CCCCCCCC1(C(=O)O)CC=CC(C(=O)O)(C(CC)CCC)C1. The summed E-state index contributed by atoms with van der Waals surface area (Å²) in [4.78, 5) is 24.4. The summed E-state index contributed by atoms with van der Waals surface area (Å²) in [6, 6.07) is 0. The van der Waals surface area contributed by atoms with Gasteiger partial charge in [-0.25, -0.2) is 0 Å². The summed E-state index contributed by atoms with van der Waals surface area (Å²) < 4.78 is 0. The Kier molecular flexibility index (Phi) is 8.67. The van der Waals surface area contributed by atoms with Gasteiger partial charge in [0, 0.05) is 0 Å². The van der Waals surface area contributed by atoms with Crippen LogP contribution in [-0.4, -0.2) is 22.2 Å². The molecule has 25 heavy (non-hydrogen) atoms. The maximum Gasteiger partial charge on any atom is 0.313 e. The van der Waals surface area contributed by atoms with Gasteiger partial charge in [-0.1, -0.05) is 77.9 Å². The molecule has 1 aliphatic carbocycles. The number of rotatable bonds is 12. The molecule has 4 heteroatoms. The van der Waals surface area contributed by atoms with Crippen molar-refractivity contribution >= 4 is 11.9 Å². The summed E-state index contributed by atoms with van der Waals surface area (Å²) in [5.74, 6) is -1.70. The van der Waals surface area contributed by atoms with Gasteiger partial charge in [0.1, 0.15) is 0 Å². The lowest BCUT2D eigenvalue weighted by atomic mass is 9.58. The average Bonchev–Trinajstić information content (AvgIpc) is 2.59. The first-order valence-electron chi connectivity index (χ1n) is 10.0. The first kappa shape index (κ1) is 21.7. The van der Waals surface area contributed by atoms with Crippen molar-refractivity contribution in [2.24, 2.45) is 16.7 Å². The molecule has 0 amide bonds. The second-order valence-corrected chi connectivity index (χ2v) is 7.77. The zero-order chi connectivity index (χ0) is 18.9. The van der Waals surface area contributed by atoms with Crippen LogP contribution in [0.3, 0.4) is 0 Å². The Balaban J connectivity index is 3.03. The molecule has 0 aromatic rings. The summed E-state index contributed by atoms with van der Waals surface area (Å²) in [5, 5.41) is 20.0. The number of aliphatic carboxylic acids is 2. The Labute approximate surface area is 152 Å². The molecule has 4 nitrogen and oxygen atoms in total. The van der Waals surface area contributed by atoms with Crippen molar-refractivity contribution in [3.63, 3.8) is 0 Å². The number of carboxylic acid groups (broad SMARTS) is 2. The molecule has 0 heterocycles. The van der Waals surface area contributed by atoms with Crippen molar-refractivity contribution in [2.75, 3.05) is 0 Å². The minimum Gasteiger partial charge on any atom is -0.481 e. The molecule has 0 aromatic carbocycles. The Morgan fingerprint density at radius 1 is 1.00 bits per heavy atom. The number of allylic oxidation sites excluding steroid dienone is 1. The molecule has 0 spiro atoms. The number of hydrogen-bond donors (Lipinski definition) is 2. The van der Waals surface area contributed by atoms with Crippen molar-refractivity contribution in [1.82, 2.24) is 0 Å². The molecule has 0 saturated heterocycles. The maximum atomic E-state index is 12.2. The topological polar surface area (TPSA) is 74.6 Å². The first-order valence-corrected chi connectivity index (χ1v) is 10.0. The van der Waals surface area contributed by atoms with Gasteiger partial charge < -0.3 is 10.2 Å². The highest BCUT2D eigenvalue weighted by Gasteiger charge is 2.53. The van der Waals surface area contributed by atoms with Crippen LogP contribution in [-0.2, 0) is 9.59 Å². The van der Waals surface area contributed by atoms with Crippen molar-refractivity contribution in [1.29, 1.82) is 0 Å². The van der Waals surface area contributed by atoms with Crippen molar-refractivity contribution in [3.05, 3.63) is 12.2 Å². The van der Waals surface area contributed by atoms with Gasteiger partial charge >= 0.3 is 11.9 Å². The largest absolute Gasteiger partial charge is 0.481 e. The summed E-state index contributed by atoms with van der Waals surface area (Å²) in [7, 11) is 0. The molecule has 3 atom stereocenters. The lowest BCUT2D eigenvalue weighted by Crippen LogP contribution is -2.47. The van der Waals surface area contributed by atoms with Gasteiger partial charge in [0.25, 0.3) is 0 Å². The molecule has 1 aliphatic rings. The van der Waals surface area contributed by atoms with E-state index in [4.69, 9.17) is 0 Å². The average molecular weight is 353 g/mol. The van der Waals surface area contributed by atoms with E-state index < -0.39 is 22.8 Å². The molecular formula is C21H36O4. The normalized spacial score (nSPS) is 27.2. The highest BCUT2D eigenvalue weighted by Crippen LogP contribution is 2.51. The van der Waals surface area contributed by atoms with E-state index in [1.807, 2.05) is 13.0 Å². The molecule has 0 saturated carbocycles. The third-order valence-corrected chi connectivity index (χ3v) is 6.02. The Hall–Kier alpha value is -1.32. The molecule has 0 aromatic heterocycles. The van der Waals surface area contributed by atoms with Crippen LogP contribution in [0.15, 0.2) is 12.2 Å². The molecule has 0 aliphatic heterocycles. The van der Waals surface area contributed by atoms with Crippen LogP contribution in [0, 0.1) is 16.7 Å². The van der Waals surface area contributed by atoms with E-state index >= 15 is 0 Å². The minimum absolute atomic E-state index is 0.00892. The third kappa shape index (κ3) is 5.08. The molecule has 0 bridgehead atoms. The van der Waals surface area contributed by atoms with Crippen LogP contribution in [0.25, 0.3) is 0 Å². The van der Waals surface area contributed by atoms with Gasteiger partial charge in [0.15, 0.2) is 0 Å². The van der Waals surface area contributed by atoms with Crippen molar-refractivity contribution < 1.29 is 19.8 Å². The van der Waals surface area contributed by atoms with Crippen LogP contribution in [0.4, 0.5) is 0 Å². The van der Waals surface area contributed by atoms with Gasteiger partial charge in [-0.2, -0.15) is 0 Å². The quantitative estimate of drug-likeness (QED) is 0.351. The highest BCUT2D eigenvalue weighted by atomic mass is 16.4. The van der Waals surface area contributed by atoms with E-state index in [1.54, 1.807) is 6.08 Å². The number of carboxylic acids is 2. The zero-order valence-corrected chi connectivity index (χ0v) is 16.2. The number of hydrogen-bond acceptors (Lipinski definition) is 2. The molecule has 2 N–H and O–H groups in total. The van der Waals surface area contributed by atoms with Gasteiger partial charge in [-0.15, -0.1) is 0 Å². The smallest absolute Gasteiger partial charge is 0.313 e. The second kappa shape index (κ2) is 9.98. The Morgan fingerprint density at radius 3 is 2.20 bits per heavy atom. The predicted molar refractivity (Wildman–Crippen MR) is 101 cm³/mol. The van der Waals surface area contributed by atoms with Gasteiger partial charge in [-0.3, -0.25) is 9.59 Å². The predicted octanol–water partition coefficient (Wildman–Crippen LogP) is 5.67. The summed E-state index contributed by atoms with van der Waals surface area (Å²) in [6.45, 7) is 6.23. The van der Waals surface area contributed by atoms with Crippen molar-refractivity contribution in [3.8, 4) is 0 Å². The van der Waals surface area contributed by atoms with E-state index in [0.29, 0.717) is 12.8 Å². The molecule has 0 radical (unpaired) electrons. The maximum absolute atomic E-state index is 12.2. The first-order chi connectivity index (χ1) is 11.9. The van der Waals surface area contributed by atoms with E-state index in [0.717, 1.165) is 44.9 Å². The molecule has 0 fully saturated rings. The second-order valence-electron chi connectivity index (χ2n) is 7.77. The summed E-state index contributed by atoms with van der Waals surface area (Å²) in [5.41, 5.74) is -1.97. The standard InChI is InChI=1S/C21H36O4/c1-4-7-8-9-10-13-20(18(22)23)14-11-15-21(16-20,19(24)25)17(6-3)12-5-2/h11,15,17H,4-10,12-14,16H2,1-3H3,(H,22,23)(H,24,25). The zero-order valence-electron chi connectivity index (χ0n) is 16.2. The van der Waals surface area contributed by atoms with Gasteiger partial charge in [0.05, 0.1) is 10.8 Å². The van der Waals surface area contributed by atoms with Crippen LogP contribution >= 0.6 is 0 Å². The van der Waals surface area contributed by atoms with E-state index in [9.17, 15) is 19.8 Å². The minimum atomic E-state index is -1.04. The van der Waals surface area contributed by atoms with E-state index in [1.165, 1.54) is 6.42 Å². The third-order valence-electron chi connectivity index (χ3n) is 6.02. The fraction of sp³-hybridized carbons (Fsp3) is 0.810. The van der Waals surface area contributed by atoms with E-state index in [2.05, 4.69) is 13.8 Å². The van der Waals surface area contributed by atoms with Crippen LogP contribution in [0.2, 0.25) is 0 Å². The monoisotopic (exact) mass is 352 g/mol. The summed E-state index contributed by atoms with van der Waals surface area (Å²) >= 11 is 0. The molecular weight excluding hydrogens is 316 g/mol. The van der Waals surface area contributed by atoms with E-state index in [-0.39, 0.29) is 12.3 Å². The number of carbonyl (C=O) groups is 2. The molecule has 1 rings (SSSR count). The lowest BCUT2D eigenvalue weighted by Gasteiger charge is -2.44.